The van der Waals surface area contributed by atoms with Gasteiger partial charge in [-0.15, -0.1) is 0 Å². The highest BCUT2D eigenvalue weighted by Crippen LogP contribution is 2.34. The van der Waals surface area contributed by atoms with Gasteiger partial charge in [-0.3, -0.25) is 4.79 Å². The van der Waals surface area contributed by atoms with E-state index in [1.54, 1.807) is 0 Å². The van der Waals surface area contributed by atoms with E-state index in [1.807, 2.05) is 0 Å². The van der Waals surface area contributed by atoms with Crippen LogP contribution in [0.4, 0.5) is 26.3 Å². The number of halogens is 6. The molecule has 0 N–H and O–H groups in total. The number of hydrogen-bond acceptors (Lipinski definition) is 5. The highest BCUT2D eigenvalue weighted by molar-refractivity contribution is 5.78. The molecule has 0 fully saturated rings. The Kier molecular flexibility index (Phi) is 5.47. The van der Waals surface area contributed by atoms with Crippen molar-refractivity contribution in [3.63, 3.8) is 0 Å². The summed E-state index contributed by atoms with van der Waals surface area (Å²) in [7, 11) is 0. The lowest BCUT2D eigenvalue weighted by Gasteiger charge is -2.05. The highest BCUT2D eigenvalue weighted by Gasteiger charge is 2.40. The fourth-order valence-corrected chi connectivity index (χ4v) is 2.36. The molecular weight excluding hydrogens is 370 g/mol. The number of aryl methyl sites for hydroxylation is 4. The van der Waals surface area contributed by atoms with E-state index < -0.39 is 41.0 Å². The second-order valence-electron chi connectivity index (χ2n) is 5.55. The van der Waals surface area contributed by atoms with E-state index in [0.717, 1.165) is 0 Å². The summed E-state index contributed by atoms with van der Waals surface area (Å²) < 4.78 is 85.6. The van der Waals surface area contributed by atoms with Crippen molar-refractivity contribution >= 4 is 5.78 Å². The molecule has 0 radical (unpaired) electrons. The van der Waals surface area contributed by atoms with Gasteiger partial charge in [-0.2, -0.15) is 26.3 Å². The minimum atomic E-state index is -4.74. The van der Waals surface area contributed by atoms with Crippen LogP contribution in [0.15, 0.2) is 8.83 Å². The SMILES string of the molecule is Cc1nc(CCC(=O)CCc2nc(C)oc2C(F)(F)F)c(C(F)(F)F)o1. The Bertz CT molecular complexity index is 724. The maximum atomic E-state index is 12.8. The van der Waals surface area contributed by atoms with Crippen LogP contribution in [0, 0.1) is 13.8 Å². The topological polar surface area (TPSA) is 69.1 Å². The van der Waals surface area contributed by atoms with Crippen molar-refractivity contribution in [2.45, 2.75) is 51.9 Å². The predicted octanol–water partition coefficient (Wildman–Crippen LogP) is 4.45. The van der Waals surface area contributed by atoms with Crippen molar-refractivity contribution in [3.8, 4) is 0 Å². The average Bonchev–Trinajstić information content (AvgIpc) is 3.05. The van der Waals surface area contributed by atoms with Crippen LogP contribution in [-0.4, -0.2) is 15.8 Å². The molecule has 0 unspecified atom stereocenters. The Labute approximate surface area is 143 Å². The van der Waals surface area contributed by atoms with E-state index >= 15 is 0 Å². The molecule has 2 aromatic rings. The molecule has 2 heterocycles. The number of aromatic nitrogens is 2. The van der Waals surface area contributed by atoms with Crippen LogP contribution in [0.3, 0.4) is 0 Å². The van der Waals surface area contributed by atoms with Crippen LogP contribution in [0.5, 0.6) is 0 Å². The molecule has 5 nitrogen and oxygen atoms in total. The van der Waals surface area contributed by atoms with Crippen LogP contribution in [-0.2, 0) is 30.0 Å². The van der Waals surface area contributed by atoms with E-state index in [9.17, 15) is 31.1 Å². The first-order valence-corrected chi connectivity index (χ1v) is 7.46. The van der Waals surface area contributed by atoms with Crippen molar-refractivity contribution in [2.75, 3.05) is 0 Å². The molecule has 0 aromatic carbocycles. The van der Waals surface area contributed by atoms with Gasteiger partial charge in [0.05, 0.1) is 11.4 Å². The number of carbonyl (C=O) groups excluding carboxylic acids is 1. The number of ketones is 1. The molecule has 0 atom stereocenters. The Morgan fingerprint density at radius 2 is 1.15 bits per heavy atom. The third-order valence-corrected chi connectivity index (χ3v) is 3.40. The molecule has 0 aliphatic rings. The lowest BCUT2D eigenvalue weighted by atomic mass is 10.1. The second-order valence-corrected chi connectivity index (χ2v) is 5.55. The van der Waals surface area contributed by atoms with Gasteiger partial charge in [0.15, 0.2) is 11.8 Å². The summed E-state index contributed by atoms with van der Waals surface area (Å²) in [4.78, 5) is 19.1. The number of rotatable bonds is 6. The first kappa shape index (κ1) is 20.0. The summed E-state index contributed by atoms with van der Waals surface area (Å²) in [6.07, 6.45) is -10.7. The molecule has 2 aromatic heterocycles. The largest absolute Gasteiger partial charge is 0.451 e. The first-order chi connectivity index (χ1) is 11.9. The first-order valence-electron chi connectivity index (χ1n) is 7.46. The van der Waals surface area contributed by atoms with E-state index in [-0.39, 0.29) is 37.5 Å². The van der Waals surface area contributed by atoms with E-state index in [2.05, 4.69) is 18.8 Å². The molecule has 0 saturated carbocycles. The minimum absolute atomic E-state index is 0.187. The van der Waals surface area contributed by atoms with Gasteiger partial charge in [-0.1, -0.05) is 0 Å². The molecule has 0 aliphatic carbocycles. The molecule has 0 bridgehead atoms. The highest BCUT2D eigenvalue weighted by atomic mass is 19.4. The predicted molar refractivity (Wildman–Crippen MR) is 74.1 cm³/mol. The lowest BCUT2D eigenvalue weighted by molar-refractivity contribution is -0.154. The Morgan fingerprint density at radius 1 is 0.808 bits per heavy atom. The molecule has 0 aliphatic heterocycles. The van der Waals surface area contributed by atoms with Gasteiger partial charge in [0.2, 0.25) is 11.5 Å². The van der Waals surface area contributed by atoms with Crippen molar-refractivity contribution in [1.82, 2.24) is 9.97 Å². The van der Waals surface area contributed by atoms with E-state index in [4.69, 9.17) is 0 Å². The van der Waals surface area contributed by atoms with Gasteiger partial charge in [0.25, 0.3) is 0 Å². The van der Waals surface area contributed by atoms with Gasteiger partial charge >= 0.3 is 12.4 Å². The van der Waals surface area contributed by atoms with Gasteiger partial charge in [-0.05, 0) is 0 Å². The molecular formula is C15H14F6N2O3. The molecule has 144 valence electrons. The third-order valence-electron chi connectivity index (χ3n) is 3.40. The zero-order chi connectivity index (χ0) is 19.7. The summed E-state index contributed by atoms with van der Waals surface area (Å²) in [5, 5.41) is 0. The molecule has 0 amide bonds. The Morgan fingerprint density at radius 3 is 1.46 bits per heavy atom. The Balaban J connectivity index is 1.97. The summed E-state index contributed by atoms with van der Waals surface area (Å²) in [6.45, 7) is 2.48. The third kappa shape index (κ3) is 4.85. The number of Topliss-reactive ketones (excluding diaryl/α,β-unsaturated/α-hetero) is 1. The van der Waals surface area contributed by atoms with Gasteiger partial charge in [0.1, 0.15) is 5.78 Å². The standard InChI is InChI=1S/C15H14F6N2O3/c1-7-22-10(12(25-7)14(16,17)18)5-3-9(24)4-6-11-13(15(19,20)21)26-8(2)23-11/h3-6H2,1-2H3. The van der Waals surface area contributed by atoms with Crippen LogP contribution < -0.4 is 0 Å². The van der Waals surface area contributed by atoms with Gasteiger partial charge in [-0.25, -0.2) is 9.97 Å². The van der Waals surface area contributed by atoms with Crippen molar-refractivity contribution in [2.24, 2.45) is 0 Å². The molecule has 0 saturated heterocycles. The fourth-order valence-electron chi connectivity index (χ4n) is 2.36. The Hall–Kier alpha value is -2.33. The lowest BCUT2D eigenvalue weighted by Crippen LogP contribution is -2.11. The number of oxazole rings is 2. The summed E-state index contributed by atoms with van der Waals surface area (Å²) in [6, 6.07) is 0. The zero-order valence-corrected chi connectivity index (χ0v) is 13.7. The second kappa shape index (κ2) is 7.12. The van der Waals surface area contributed by atoms with Crippen molar-refractivity contribution in [3.05, 3.63) is 34.7 Å². The van der Waals surface area contributed by atoms with Crippen molar-refractivity contribution < 1.29 is 40.0 Å². The van der Waals surface area contributed by atoms with Crippen LogP contribution >= 0.6 is 0 Å². The van der Waals surface area contributed by atoms with Crippen LogP contribution in [0.2, 0.25) is 0 Å². The minimum Gasteiger partial charge on any atom is -0.436 e. The zero-order valence-electron chi connectivity index (χ0n) is 13.7. The maximum absolute atomic E-state index is 12.8. The monoisotopic (exact) mass is 384 g/mol. The number of alkyl halides is 6. The molecule has 2 rings (SSSR count). The smallest absolute Gasteiger partial charge is 0.436 e. The van der Waals surface area contributed by atoms with Crippen LogP contribution in [0.1, 0.15) is 47.5 Å². The number of nitrogens with zero attached hydrogens (tertiary/aromatic N) is 2. The summed E-state index contributed by atoms with van der Waals surface area (Å²) in [5.41, 5.74) is -0.812. The fraction of sp³-hybridized carbons (Fsp3) is 0.533. The molecule has 26 heavy (non-hydrogen) atoms. The summed E-state index contributed by atoms with van der Waals surface area (Å²) >= 11 is 0. The number of hydrogen-bond donors (Lipinski definition) is 0. The molecule has 0 spiro atoms. The quantitative estimate of drug-likeness (QED) is 0.689. The maximum Gasteiger partial charge on any atom is 0.451 e. The van der Waals surface area contributed by atoms with Crippen LogP contribution in [0.25, 0.3) is 0 Å². The van der Waals surface area contributed by atoms with E-state index in [1.165, 1.54) is 13.8 Å². The van der Waals surface area contributed by atoms with Gasteiger partial charge < -0.3 is 8.83 Å². The van der Waals surface area contributed by atoms with Gasteiger partial charge in [0, 0.05) is 39.5 Å². The van der Waals surface area contributed by atoms with E-state index in [0.29, 0.717) is 0 Å². The molecule has 11 heteroatoms. The average molecular weight is 384 g/mol. The van der Waals surface area contributed by atoms with Crippen molar-refractivity contribution in [1.29, 1.82) is 0 Å². The number of carbonyl (C=O) groups is 1. The summed E-state index contributed by atoms with van der Waals surface area (Å²) in [5.74, 6) is -3.43. The normalized spacial score (nSPS) is 12.6.